The smallest absolute Gasteiger partial charge is 0.255 e. The molecule has 4 heteroatoms. The average Bonchev–Trinajstić information content (AvgIpc) is 2.47. The molecule has 72 valence electrons. The van der Waals surface area contributed by atoms with E-state index < -0.39 is 0 Å². The van der Waals surface area contributed by atoms with Gasteiger partial charge in [-0.15, -0.1) is 0 Å². The molecule has 0 atom stereocenters. The molecular weight excluding hydrogens is 196 g/mol. The Morgan fingerprint density at radius 3 is 2.64 bits per heavy atom. The number of hydrogen-bond donors (Lipinski definition) is 0. The zero-order chi connectivity index (χ0) is 9.97. The van der Waals surface area contributed by atoms with E-state index in [1.165, 1.54) is 16.0 Å². The minimum absolute atomic E-state index is 0.00588. The van der Waals surface area contributed by atoms with Crippen LogP contribution in [0.5, 0.6) is 0 Å². The molecule has 0 aliphatic heterocycles. The van der Waals surface area contributed by atoms with Gasteiger partial charge in [-0.25, -0.2) is 4.68 Å². The van der Waals surface area contributed by atoms with Crippen LogP contribution in [0, 0.1) is 6.92 Å². The lowest BCUT2D eigenvalue weighted by atomic mass is 10.2. The summed E-state index contributed by atoms with van der Waals surface area (Å²) in [5.41, 5.74) is 1.10. The van der Waals surface area contributed by atoms with Gasteiger partial charge in [0.25, 0.3) is 0 Å². The topological polar surface area (TPSA) is 34.9 Å². The number of aromatic nitrogens is 2. The van der Waals surface area contributed by atoms with Crippen molar-refractivity contribution in [2.24, 2.45) is 0 Å². The molecule has 0 saturated carbocycles. The van der Waals surface area contributed by atoms with Crippen LogP contribution in [0.15, 0.2) is 35.1 Å². The highest BCUT2D eigenvalue weighted by atomic mass is 32.1. The fraction of sp³-hybridized carbons (Fsp3) is 0.200. The summed E-state index contributed by atoms with van der Waals surface area (Å²) in [7, 11) is 0. The van der Waals surface area contributed by atoms with Crippen molar-refractivity contribution >= 4 is 11.3 Å². The highest BCUT2D eigenvalue weighted by Gasteiger charge is 2.02. The number of rotatable bonds is 2. The third-order valence-corrected chi connectivity index (χ3v) is 2.64. The van der Waals surface area contributed by atoms with E-state index in [0.717, 1.165) is 10.6 Å². The number of hydrogen-bond acceptors (Lipinski definition) is 3. The molecule has 0 N–H and O–H groups in total. The van der Waals surface area contributed by atoms with Crippen LogP contribution in [0.1, 0.15) is 10.6 Å². The highest BCUT2D eigenvalue weighted by Crippen LogP contribution is 2.01. The fourth-order valence-corrected chi connectivity index (χ4v) is 1.87. The normalized spacial score (nSPS) is 10.4. The lowest BCUT2D eigenvalue weighted by molar-refractivity contribution is 0.659. The van der Waals surface area contributed by atoms with Gasteiger partial charge in [0.2, 0.25) is 0 Å². The molecule has 14 heavy (non-hydrogen) atoms. The average molecular weight is 206 g/mol. The summed E-state index contributed by atoms with van der Waals surface area (Å²) in [5.74, 6) is 0. The van der Waals surface area contributed by atoms with Crippen LogP contribution in [0.4, 0.5) is 0 Å². The molecule has 0 unspecified atom stereocenters. The zero-order valence-corrected chi connectivity index (χ0v) is 8.62. The minimum atomic E-state index is 0.00588. The van der Waals surface area contributed by atoms with E-state index in [4.69, 9.17) is 0 Å². The Morgan fingerprint density at radius 2 is 2.07 bits per heavy atom. The summed E-state index contributed by atoms with van der Waals surface area (Å²) in [5, 5.41) is 4.94. The maximum atomic E-state index is 11.4. The molecule has 0 bridgehead atoms. The second-order valence-corrected chi connectivity index (χ2v) is 4.17. The molecule has 0 spiro atoms. The van der Waals surface area contributed by atoms with E-state index in [2.05, 4.69) is 5.10 Å². The van der Waals surface area contributed by atoms with Crippen molar-refractivity contribution in [1.82, 2.24) is 9.78 Å². The van der Waals surface area contributed by atoms with Crippen LogP contribution in [0.3, 0.4) is 0 Å². The van der Waals surface area contributed by atoms with Gasteiger partial charge in [-0.1, -0.05) is 41.7 Å². The van der Waals surface area contributed by atoms with Gasteiger partial charge in [-0.2, -0.15) is 5.10 Å². The SMILES string of the molecule is Cc1nn(Cc2ccccc2)c(=O)s1. The van der Waals surface area contributed by atoms with E-state index in [0.29, 0.717) is 6.54 Å². The van der Waals surface area contributed by atoms with Crippen LogP contribution in [-0.2, 0) is 6.54 Å². The fourth-order valence-electron chi connectivity index (χ4n) is 1.27. The quantitative estimate of drug-likeness (QED) is 0.749. The lowest BCUT2D eigenvalue weighted by Gasteiger charge is -1.98. The van der Waals surface area contributed by atoms with Gasteiger partial charge in [-0.3, -0.25) is 4.79 Å². The van der Waals surface area contributed by atoms with Gasteiger partial charge < -0.3 is 0 Å². The number of aryl methyl sites for hydroxylation is 1. The Balaban J connectivity index is 2.28. The predicted molar refractivity (Wildman–Crippen MR) is 56.7 cm³/mol. The molecule has 1 aromatic carbocycles. The molecule has 3 nitrogen and oxygen atoms in total. The van der Waals surface area contributed by atoms with E-state index >= 15 is 0 Å². The molecular formula is C10H10N2OS. The number of nitrogens with zero attached hydrogens (tertiary/aromatic N) is 2. The van der Waals surface area contributed by atoms with Crippen molar-refractivity contribution in [3.8, 4) is 0 Å². The van der Waals surface area contributed by atoms with Crippen molar-refractivity contribution in [2.75, 3.05) is 0 Å². The van der Waals surface area contributed by atoms with E-state index in [-0.39, 0.29) is 4.87 Å². The van der Waals surface area contributed by atoms with Crippen molar-refractivity contribution in [2.45, 2.75) is 13.5 Å². The molecule has 0 fully saturated rings. The maximum absolute atomic E-state index is 11.4. The minimum Gasteiger partial charge on any atom is -0.255 e. The second-order valence-electron chi connectivity index (χ2n) is 3.03. The molecule has 1 heterocycles. The van der Waals surface area contributed by atoms with E-state index in [1.54, 1.807) is 0 Å². The van der Waals surface area contributed by atoms with Gasteiger partial charge in [-0.05, 0) is 12.5 Å². The Labute approximate surface area is 85.6 Å². The van der Waals surface area contributed by atoms with Crippen molar-refractivity contribution in [1.29, 1.82) is 0 Å². The van der Waals surface area contributed by atoms with Crippen LogP contribution in [0.2, 0.25) is 0 Å². The monoisotopic (exact) mass is 206 g/mol. The highest BCUT2D eigenvalue weighted by molar-refractivity contribution is 7.08. The summed E-state index contributed by atoms with van der Waals surface area (Å²) in [6.07, 6.45) is 0. The van der Waals surface area contributed by atoms with Crippen molar-refractivity contribution < 1.29 is 0 Å². The largest absolute Gasteiger partial charge is 0.325 e. The molecule has 0 aliphatic carbocycles. The lowest BCUT2D eigenvalue weighted by Crippen LogP contribution is -2.15. The van der Waals surface area contributed by atoms with Gasteiger partial charge >= 0.3 is 4.87 Å². The maximum Gasteiger partial charge on any atom is 0.325 e. The summed E-state index contributed by atoms with van der Waals surface area (Å²) in [4.78, 5) is 11.4. The molecule has 0 aliphatic rings. The zero-order valence-electron chi connectivity index (χ0n) is 7.80. The van der Waals surface area contributed by atoms with Crippen molar-refractivity contribution in [3.63, 3.8) is 0 Å². The standard InChI is InChI=1S/C10H10N2OS/c1-8-11-12(10(13)14-8)7-9-5-3-2-4-6-9/h2-6H,7H2,1H3. The third-order valence-electron chi connectivity index (χ3n) is 1.88. The predicted octanol–water partition coefficient (Wildman–Crippen LogP) is 1.66. The molecule has 0 amide bonds. The first-order chi connectivity index (χ1) is 6.75. The van der Waals surface area contributed by atoms with E-state index in [9.17, 15) is 4.79 Å². The Kier molecular flexibility index (Phi) is 2.45. The first-order valence-electron chi connectivity index (χ1n) is 4.34. The van der Waals surface area contributed by atoms with Gasteiger partial charge in [0.15, 0.2) is 0 Å². The Hall–Kier alpha value is -1.42. The first kappa shape index (κ1) is 9.15. The number of benzene rings is 1. The Morgan fingerprint density at radius 1 is 1.36 bits per heavy atom. The van der Waals surface area contributed by atoms with Crippen LogP contribution in [-0.4, -0.2) is 9.78 Å². The first-order valence-corrected chi connectivity index (χ1v) is 5.16. The van der Waals surface area contributed by atoms with Crippen molar-refractivity contribution in [3.05, 3.63) is 50.6 Å². The Bertz CT molecular complexity index is 472. The molecule has 0 radical (unpaired) electrons. The van der Waals surface area contributed by atoms with Gasteiger partial charge in [0, 0.05) is 0 Å². The molecule has 2 aromatic rings. The van der Waals surface area contributed by atoms with Gasteiger partial charge in [0.05, 0.1) is 6.54 Å². The summed E-state index contributed by atoms with van der Waals surface area (Å²) in [6, 6.07) is 9.85. The second kappa shape index (κ2) is 3.75. The summed E-state index contributed by atoms with van der Waals surface area (Å²) < 4.78 is 1.50. The molecule has 0 saturated heterocycles. The third kappa shape index (κ3) is 1.90. The van der Waals surface area contributed by atoms with Crippen LogP contribution in [0.25, 0.3) is 0 Å². The van der Waals surface area contributed by atoms with E-state index in [1.807, 2.05) is 37.3 Å². The molecule has 1 aromatic heterocycles. The van der Waals surface area contributed by atoms with Gasteiger partial charge in [0.1, 0.15) is 5.01 Å². The molecule has 2 rings (SSSR count). The van der Waals surface area contributed by atoms with Crippen LogP contribution < -0.4 is 4.87 Å². The summed E-state index contributed by atoms with van der Waals surface area (Å²) >= 11 is 1.18. The van der Waals surface area contributed by atoms with Crippen LogP contribution >= 0.6 is 11.3 Å². The summed E-state index contributed by atoms with van der Waals surface area (Å²) in [6.45, 7) is 2.40.